The first-order chi connectivity index (χ1) is 41.4. The smallest absolute Gasteiger partial charge is 0.252 e. The monoisotopic (exact) mass is 1210 g/mol. The minimum Gasteiger partial charge on any atom is -0.311 e. The summed E-state index contributed by atoms with van der Waals surface area (Å²) in [4.78, 5) is 11.4. The number of nitrogens with zero attached hydrogens (tertiary/aromatic N) is 3. The Balaban J connectivity index is 1.45. The largest absolute Gasteiger partial charge is 0.311 e. The quantitative estimate of drug-likeness (QED) is 0.160. The van der Waals surface area contributed by atoms with E-state index in [0.29, 0.717) is 0 Å². The molecule has 1 aromatic heterocycles. The van der Waals surface area contributed by atoms with Gasteiger partial charge in [0.25, 0.3) is 6.71 Å². The Morgan fingerprint density at radius 2 is 0.473 bits per heavy atom. The molecule has 0 radical (unpaired) electrons. The van der Waals surface area contributed by atoms with Gasteiger partial charge in [-0.1, -0.05) is 268 Å². The van der Waals surface area contributed by atoms with E-state index in [1.165, 1.54) is 112 Å². The molecule has 0 spiro atoms. The second kappa shape index (κ2) is 22.0. The molecule has 2 aliphatic heterocycles. The minimum atomic E-state index is -0.120. The van der Waals surface area contributed by atoms with E-state index in [1.807, 2.05) is 0 Å². The molecular weight excluding hydrogens is 1100 g/mol. The van der Waals surface area contributed by atoms with E-state index >= 15 is 0 Å². The summed E-state index contributed by atoms with van der Waals surface area (Å²) in [5.74, 6) is 0. The summed E-state index contributed by atoms with van der Waals surface area (Å²) in [6, 6.07) is 54.5. The zero-order valence-corrected chi connectivity index (χ0v) is 62.1. The predicted molar refractivity (Wildman–Crippen MR) is 402 cm³/mol. The Morgan fingerprint density at radius 3 is 0.747 bits per heavy atom. The third-order valence-electron chi connectivity index (χ3n) is 19.7. The van der Waals surface area contributed by atoms with Crippen LogP contribution in [0, 0.1) is 0 Å². The molecule has 478 valence electrons. The lowest BCUT2D eigenvalue weighted by Gasteiger charge is -2.45. The average molecular weight is 1210 g/mol. The van der Waals surface area contributed by atoms with Gasteiger partial charge in [-0.25, -0.2) is 4.98 Å². The molecule has 0 amide bonds. The number of hydrogen-bond donors (Lipinski definition) is 0. The van der Waals surface area contributed by atoms with Gasteiger partial charge in [-0.15, -0.1) is 0 Å². The Kier molecular flexibility index (Phi) is 16.2. The van der Waals surface area contributed by atoms with Gasteiger partial charge in [-0.3, -0.25) is 0 Å². The van der Waals surface area contributed by atoms with Gasteiger partial charge in [0.2, 0.25) is 0 Å². The van der Waals surface area contributed by atoms with Crippen LogP contribution < -0.4 is 26.2 Å². The fourth-order valence-electron chi connectivity index (χ4n) is 13.2. The SMILES string of the molecule is CC(C)(C)c1cc(-c2cc(-c3cc(C(C)(C)C)cc(C(C)(C)C)c3)nc(-c3cc4c5c(c3)N(c3cc(C(C)(C)C)cc(C(C)(C)C)c3)c3ccc(C(C)(C)C)cc3B5c3cc(C(C)(C)C)ccc3N4c3cc(C(C)(C)C)cc(C(C)(C)C)c3)c2)cc(C(C)(C)C)c1. The van der Waals surface area contributed by atoms with Gasteiger partial charge in [0.1, 0.15) is 0 Å². The number of benzene rings is 7. The van der Waals surface area contributed by atoms with Crippen molar-refractivity contribution in [3.8, 4) is 33.6 Å². The van der Waals surface area contributed by atoms with Crippen LogP contribution in [0.3, 0.4) is 0 Å². The second-order valence-corrected chi connectivity index (χ2v) is 37.8. The molecule has 7 aromatic carbocycles. The van der Waals surface area contributed by atoms with E-state index in [0.717, 1.165) is 28.1 Å². The van der Waals surface area contributed by atoms with Crippen molar-refractivity contribution >= 4 is 57.2 Å². The van der Waals surface area contributed by atoms with E-state index in [-0.39, 0.29) is 60.9 Å². The number of anilines is 6. The van der Waals surface area contributed by atoms with Crippen molar-refractivity contribution in [1.29, 1.82) is 0 Å². The van der Waals surface area contributed by atoms with Gasteiger partial charge in [-0.2, -0.15) is 0 Å². The molecule has 3 nitrogen and oxygen atoms in total. The number of aromatic nitrogens is 1. The van der Waals surface area contributed by atoms with E-state index in [9.17, 15) is 0 Å². The van der Waals surface area contributed by atoms with E-state index in [1.54, 1.807) is 0 Å². The number of hydrogen-bond acceptors (Lipinski definition) is 3. The molecule has 2 aliphatic rings. The van der Waals surface area contributed by atoms with Crippen LogP contribution in [0.5, 0.6) is 0 Å². The topological polar surface area (TPSA) is 19.4 Å². The highest BCUT2D eigenvalue weighted by Crippen LogP contribution is 2.50. The molecule has 0 bridgehead atoms. The van der Waals surface area contributed by atoms with Crippen LogP contribution in [0.1, 0.15) is 263 Å². The molecular formula is C87H112BN3. The second-order valence-electron chi connectivity index (χ2n) is 37.8. The van der Waals surface area contributed by atoms with Gasteiger partial charge in [0.15, 0.2) is 0 Å². The Hall–Kier alpha value is -6.65. The number of fused-ring (bicyclic) bond motifs is 4. The maximum absolute atomic E-state index is 6.06. The lowest BCUT2D eigenvalue weighted by molar-refractivity contribution is 0.568. The van der Waals surface area contributed by atoms with Crippen molar-refractivity contribution in [3.05, 3.63) is 189 Å². The highest BCUT2D eigenvalue weighted by molar-refractivity contribution is 7.00. The number of pyridine rings is 1. The van der Waals surface area contributed by atoms with Gasteiger partial charge in [0, 0.05) is 45.3 Å². The summed E-state index contributed by atoms with van der Waals surface area (Å²) in [6.45, 7) is 70.7. The van der Waals surface area contributed by atoms with Crippen molar-refractivity contribution in [2.75, 3.05) is 9.80 Å². The Labute approximate surface area is 553 Å². The molecule has 0 saturated carbocycles. The van der Waals surface area contributed by atoms with Crippen LogP contribution in [0.4, 0.5) is 34.1 Å². The first-order valence-corrected chi connectivity index (χ1v) is 34.1. The maximum atomic E-state index is 6.06. The van der Waals surface area contributed by atoms with Crippen LogP contribution >= 0.6 is 0 Å². The number of rotatable bonds is 5. The molecule has 0 aliphatic carbocycles. The van der Waals surface area contributed by atoms with Gasteiger partial charge < -0.3 is 9.80 Å². The molecule has 8 aromatic rings. The van der Waals surface area contributed by atoms with Crippen LogP contribution in [0.25, 0.3) is 33.6 Å². The van der Waals surface area contributed by atoms with Crippen LogP contribution in [0.15, 0.2) is 133 Å². The third kappa shape index (κ3) is 13.3. The summed E-state index contributed by atoms with van der Waals surface area (Å²) < 4.78 is 0. The van der Waals surface area contributed by atoms with Crippen molar-refractivity contribution < 1.29 is 0 Å². The fraction of sp³-hybridized carbons (Fsp3) is 0.460. The summed E-state index contributed by atoms with van der Waals surface area (Å²) in [5, 5.41) is 0. The molecule has 0 saturated heterocycles. The third-order valence-corrected chi connectivity index (χ3v) is 19.7. The summed E-state index contributed by atoms with van der Waals surface area (Å²) in [5.41, 5.74) is 29.9. The molecule has 10 rings (SSSR count). The molecule has 0 N–H and O–H groups in total. The molecule has 0 atom stereocenters. The van der Waals surface area contributed by atoms with Crippen molar-refractivity contribution in [2.24, 2.45) is 0 Å². The fourth-order valence-corrected chi connectivity index (χ4v) is 13.2. The molecule has 0 unspecified atom stereocenters. The minimum absolute atomic E-state index is 0.0792. The van der Waals surface area contributed by atoms with E-state index in [4.69, 9.17) is 4.98 Å². The van der Waals surface area contributed by atoms with Crippen molar-refractivity contribution in [1.82, 2.24) is 4.98 Å². The van der Waals surface area contributed by atoms with Crippen molar-refractivity contribution in [3.63, 3.8) is 0 Å². The Bertz CT molecular complexity index is 3760. The van der Waals surface area contributed by atoms with Crippen LogP contribution in [0.2, 0.25) is 0 Å². The maximum Gasteiger partial charge on any atom is 0.252 e. The summed E-state index contributed by atoms with van der Waals surface area (Å²) in [7, 11) is 0. The van der Waals surface area contributed by atoms with E-state index < -0.39 is 0 Å². The molecule has 0 fully saturated rings. The highest BCUT2D eigenvalue weighted by atomic mass is 15.2. The molecule has 3 heterocycles. The summed E-state index contributed by atoms with van der Waals surface area (Å²) in [6.07, 6.45) is 0. The standard InChI is InChI=1S/C87H112BN3/c1-78(2,3)57-31-33-73-69(51-57)88-70-52-58(79(4,5)6)32-34-74(70)91(68-49-65(86(25,26)27)46-66(50-68)87(28,29)30)76-42-56(41-75(77(76)88)90(73)67-47-63(84(19,20)21)45-64(48-67)85(22,23)24)72-40-54(53-35-59(80(7,8)9)43-60(36-53)81(10,11)12)39-71(89-72)55-37-61(82(13,14)15)44-62(38-55)83(16,17)18/h31-52H,1-30H3. The van der Waals surface area contributed by atoms with Gasteiger partial charge >= 0.3 is 0 Å². The lowest BCUT2D eigenvalue weighted by Crippen LogP contribution is -2.61. The normalized spacial score (nSPS) is 14.4. The van der Waals surface area contributed by atoms with Gasteiger partial charge in [0.05, 0.1) is 11.4 Å². The highest BCUT2D eigenvalue weighted by Gasteiger charge is 2.46. The summed E-state index contributed by atoms with van der Waals surface area (Å²) >= 11 is 0. The van der Waals surface area contributed by atoms with Crippen molar-refractivity contribution in [2.45, 2.75) is 262 Å². The van der Waals surface area contributed by atoms with E-state index in [2.05, 4.69) is 351 Å². The first-order valence-electron chi connectivity index (χ1n) is 34.1. The van der Waals surface area contributed by atoms with Crippen LogP contribution in [-0.2, 0) is 54.1 Å². The molecule has 4 heteroatoms. The van der Waals surface area contributed by atoms with Gasteiger partial charge in [-0.05, 0) is 210 Å². The average Bonchev–Trinajstić information content (AvgIpc) is 0.693. The van der Waals surface area contributed by atoms with Crippen LogP contribution in [-0.4, -0.2) is 11.7 Å². The first kappa shape index (κ1) is 67.3. The predicted octanol–water partition coefficient (Wildman–Crippen LogP) is 23.1. The zero-order chi connectivity index (χ0) is 67.4. The Morgan fingerprint density at radius 1 is 0.231 bits per heavy atom. The zero-order valence-electron chi connectivity index (χ0n) is 62.1. The lowest BCUT2D eigenvalue weighted by atomic mass is 9.33. The molecule has 91 heavy (non-hydrogen) atoms.